The molecule has 3 aliphatic carbocycles. The maximum absolute atomic E-state index is 13.4. The number of benzene rings is 1. The van der Waals surface area contributed by atoms with Crippen LogP contribution < -0.4 is 5.73 Å². The molecule has 1 aromatic rings. The number of Topliss-reactive ketones (excluding diaryl/α,β-unsaturated/α-hetero) is 2. The van der Waals surface area contributed by atoms with Crippen LogP contribution in [0.1, 0.15) is 30.4 Å². The summed E-state index contributed by atoms with van der Waals surface area (Å²) in [5.41, 5.74) is -0.431. The molecule has 32 heavy (non-hydrogen) atoms. The molecular formula is C20H18N2O10. The van der Waals surface area contributed by atoms with Crippen molar-refractivity contribution in [2.45, 2.75) is 31.0 Å². The minimum absolute atomic E-state index is 0.191. The summed E-state index contributed by atoms with van der Waals surface area (Å²) in [5.74, 6) is -10.4. The average Bonchev–Trinajstić information content (AvgIpc) is 2.70. The maximum atomic E-state index is 13.4. The highest BCUT2D eigenvalue weighted by Gasteiger charge is 2.65. The van der Waals surface area contributed by atoms with Gasteiger partial charge in [0.1, 0.15) is 17.1 Å². The SMILES string of the molecule is C[C@@H]1c2ccc([N+](=O)[O-])c(O)c2C(O)=C2C(=O)[C@]3(O)C(O)=C(C(N)=O)C(=O)CC3[C@@H](O)C21. The second-order valence-electron chi connectivity index (χ2n) is 8.14. The van der Waals surface area contributed by atoms with Gasteiger partial charge in [0, 0.05) is 29.9 Å². The molecule has 0 bridgehead atoms. The van der Waals surface area contributed by atoms with Crippen LogP contribution >= 0.6 is 0 Å². The molecule has 3 aliphatic rings. The lowest BCUT2D eigenvalue weighted by Gasteiger charge is -2.50. The van der Waals surface area contributed by atoms with Crippen molar-refractivity contribution in [3.8, 4) is 5.75 Å². The van der Waals surface area contributed by atoms with E-state index in [-0.39, 0.29) is 5.56 Å². The molecule has 12 nitrogen and oxygen atoms in total. The lowest BCUT2D eigenvalue weighted by molar-refractivity contribution is -0.385. The van der Waals surface area contributed by atoms with Crippen LogP contribution in [0.3, 0.4) is 0 Å². The fraction of sp³-hybridized carbons (Fsp3) is 0.350. The van der Waals surface area contributed by atoms with Crippen molar-refractivity contribution < 1.29 is 44.8 Å². The van der Waals surface area contributed by atoms with Crippen LogP contribution in [-0.4, -0.2) is 59.6 Å². The zero-order valence-corrected chi connectivity index (χ0v) is 16.5. The van der Waals surface area contributed by atoms with Crippen molar-refractivity contribution in [1.29, 1.82) is 0 Å². The predicted molar refractivity (Wildman–Crippen MR) is 104 cm³/mol. The van der Waals surface area contributed by atoms with Crippen molar-refractivity contribution in [2.24, 2.45) is 17.6 Å². The normalized spacial score (nSPS) is 31.7. The summed E-state index contributed by atoms with van der Waals surface area (Å²) < 4.78 is 0. The van der Waals surface area contributed by atoms with Gasteiger partial charge >= 0.3 is 5.69 Å². The van der Waals surface area contributed by atoms with E-state index in [1.807, 2.05) is 0 Å². The van der Waals surface area contributed by atoms with Gasteiger partial charge < -0.3 is 31.3 Å². The number of ketones is 2. The fourth-order valence-electron chi connectivity index (χ4n) is 5.13. The van der Waals surface area contributed by atoms with Crippen molar-refractivity contribution in [1.82, 2.24) is 0 Å². The fourth-order valence-corrected chi connectivity index (χ4v) is 5.13. The molecule has 0 aromatic heterocycles. The summed E-state index contributed by atoms with van der Waals surface area (Å²) in [7, 11) is 0. The number of nitrogens with zero attached hydrogens (tertiary/aromatic N) is 1. The van der Waals surface area contributed by atoms with Gasteiger partial charge in [0.2, 0.25) is 11.5 Å². The van der Waals surface area contributed by atoms with E-state index in [0.717, 1.165) is 6.07 Å². The summed E-state index contributed by atoms with van der Waals surface area (Å²) in [6.45, 7) is 1.53. The Balaban J connectivity index is 2.03. The van der Waals surface area contributed by atoms with Crippen LogP contribution in [0.25, 0.3) is 5.76 Å². The zero-order valence-electron chi connectivity index (χ0n) is 16.5. The number of carbonyl (C=O) groups excluding carboxylic acids is 3. The van der Waals surface area contributed by atoms with E-state index in [1.165, 1.54) is 13.0 Å². The number of rotatable bonds is 2. The highest BCUT2D eigenvalue weighted by molar-refractivity contribution is 6.23. The maximum Gasteiger partial charge on any atom is 0.311 e. The van der Waals surface area contributed by atoms with Crippen molar-refractivity contribution in [3.63, 3.8) is 0 Å². The third-order valence-corrected chi connectivity index (χ3v) is 6.68. The lowest BCUT2D eigenvalue weighted by Crippen LogP contribution is -2.63. The Kier molecular flexibility index (Phi) is 4.43. The molecule has 1 saturated carbocycles. The highest BCUT2D eigenvalue weighted by atomic mass is 16.6. The molecule has 0 spiro atoms. The van der Waals surface area contributed by atoms with Gasteiger partial charge in [-0.25, -0.2) is 0 Å². The first-order valence-electron chi connectivity index (χ1n) is 9.51. The minimum atomic E-state index is -2.95. The van der Waals surface area contributed by atoms with Gasteiger partial charge in [-0.3, -0.25) is 24.5 Å². The second-order valence-corrected chi connectivity index (χ2v) is 8.14. The molecule has 1 fully saturated rings. The Morgan fingerprint density at radius 2 is 1.88 bits per heavy atom. The number of nitro benzene ring substituents is 1. The van der Waals surface area contributed by atoms with Gasteiger partial charge in [0.05, 0.1) is 16.6 Å². The van der Waals surface area contributed by atoms with Gasteiger partial charge in [0.15, 0.2) is 11.4 Å². The number of nitrogens with two attached hydrogens (primary N) is 1. The highest BCUT2D eigenvalue weighted by Crippen LogP contribution is 2.56. The Bertz CT molecular complexity index is 1200. The molecule has 4 rings (SSSR count). The topological polar surface area (TPSA) is 222 Å². The number of nitro groups is 1. The Morgan fingerprint density at radius 1 is 1.25 bits per heavy atom. The number of fused-ring (bicyclic) bond motifs is 3. The largest absolute Gasteiger partial charge is 0.508 e. The number of hydrogen-bond donors (Lipinski definition) is 6. The number of phenols is 1. The van der Waals surface area contributed by atoms with Crippen LogP contribution in [0.2, 0.25) is 0 Å². The van der Waals surface area contributed by atoms with Crippen molar-refractivity contribution in [3.05, 3.63) is 50.3 Å². The first kappa shape index (κ1) is 21.5. The van der Waals surface area contributed by atoms with Gasteiger partial charge in [-0.2, -0.15) is 0 Å². The molecular weight excluding hydrogens is 428 g/mol. The first-order valence-corrected chi connectivity index (χ1v) is 9.51. The number of aromatic hydroxyl groups is 1. The van der Waals surface area contributed by atoms with Crippen LogP contribution in [0, 0.1) is 22.0 Å². The number of carbonyl (C=O) groups is 3. The summed E-state index contributed by atoms with van der Waals surface area (Å²) in [4.78, 5) is 47.7. The molecule has 12 heteroatoms. The van der Waals surface area contributed by atoms with Crippen LogP contribution in [0.15, 0.2) is 29.0 Å². The summed E-state index contributed by atoms with van der Waals surface area (Å²) in [5, 5.41) is 65.1. The minimum Gasteiger partial charge on any atom is -0.508 e. The molecule has 1 amide bonds. The van der Waals surface area contributed by atoms with Crippen LogP contribution in [0.4, 0.5) is 5.69 Å². The molecule has 0 radical (unpaired) electrons. The predicted octanol–water partition coefficient (Wildman–Crippen LogP) is -0.136. The van der Waals surface area contributed by atoms with E-state index in [0.29, 0.717) is 0 Å². The van der Waals surface area contributed by atoms with Crippen LogP contribution in [-0.2, 0) is 14.4 Å². The monoisotopic (exact) mass is 446 g/mol. The first-order chi connectivity index (χ1) is 14.8. The molecule has 2 unspecified atom stereocenters. The number of aliphatic hydroxyl groups is 4. The van der Waals surface area contributed by atoms with E-state index in [9.17, 15) is 50.0 Å². The van der Waals surface area contributed by atoms with E-state index >= 15 is 0 Å². The van der Waals surface area contributed by atoms with Crippen LogP contribution in [0.5, 0.6) is 5.75 Å². The Hall–Kier alpha value is -3.77. The molecule has 5 atom stereocenters. The van der Waals surface area contributed by atoms with Gasteiger partial charge in [-0.05, 0) is 11.5 Å². The molecule has 1 aromatic carbocycles. The summed E-state index contributed by atoms with van der Waals surface area (Å²) in [6, 6.07) is 2.27. The molecule has 0 saturated heterocycles. The Morgan fingerprint density at radius 3 is 2.44 bits per heavy atom. The third-order valence-electron chi connectivity index (χ3n) is 6.68. The number of aliphatic hydroxyl groups excluding tert-OH is 3. The number of hydrogen-bond acceptors (Lipinski definition) is 10. The van der Waals surface area contributed by atoms with E-state index in [2.05, 4.69) is 0 Å². The number of amides is 1. The van der Waals surface area contributed by atoms with E-state index in [1.54, 1.807) is 0 Å². The molecule has 0 heterocycles. The smallest absolute Gasteiger partial charge is 0.311 e. The second kappa shape index (κ2) is 6.61. The quantitative estimate of drug-likeness (QED) is 0.200. The molecule has 0 aliphatic heterocycles. The Labute approximate surface area is 179 Å². The standard InChI is InChI=1S/C20H18N2O10/c1-5-6-2-3-8(22(31)32)15(25)11(6)16(26)13-10(5)14(24)7-4-9(23)12(19(21)29)17(27)20(7,30)18(13)28/h2-3,5,7,10,14,24-27,30H,4H2,1H3,(H2,21,29)/t5-,7?,10?,14-,20-/m1/s1. The van der Waals surface area contributed by atoms with E-state index in [4.69, 9.17) is 5.73 Å². The summed E-state index contributed by atoms with van der Waals surface area (Å²) in [6.07, 6.45) is -2.34. The van der Waals surface area contributed by atoms with Crippen molar-refractivity contribution >= 4 is 28.9 Å². The number of primary amides is 1. The van der Waals surface area contributed by atoms with Gasteiger partial charge in [-0.1, -0.05) is 13.0 Å². The molecule has 168 valence electrons. The molecule has 7 N–H and O–H groups in total. The lowest BCUT2D eigenvalue weighted by atomic mass is 9.55. The number of phenolic OH excluding ortho intramolecular Hbond substituents is 1. The average molecular weight is 446 g/mol. The van der Waals surface area contributed by atoms with Gasteiger partial charge in [0.25, 0.3) is 5.91 Å². The van der Waals surface area contributed by atoms with Crippen molar-refractivity contribution in [2.75, 3.05) is 0 Å². The van der Waals surface area contributed by atoms with E-state index < -0.39 is 97.9 Å². The third kappa shape index (κ3) is 2.41. The van der Waals surface area contributed by atoms with Gasteiger partial charge in [-0.15, -0.1) is 0 Å². The zero-order chi connectivity index (χ0) is 23.9. The summed E-state index contributed by atoms with van der Waals surface area (Å²) >= 11 is 0.